The van der Waals surface area contributed by atoms with Crippen molar-refractivity contribution >= 4 is 57.5 Å². The summed E-state index contributed by atoms with van der Waals surface area (Å²) >= 11 is 5.60. The molecule has 0 radical (unpaired) electrons. The van der Waals surface area contributed by atoms with E-state index in [4.69, 9.17) is 12.2 Å². The molecule has 0 saturated heterocycles. The average molecular weight is 342 g/mol. The predicted molar refractivity (Wildman–Crippen MR) is 106 cm³/mol. The van der Waals surface area contributed by atoms with Gasteiger partial charge in [0.25, 0.3) is 0 Å². The van der Waals surface area contributed by atoms with Crippen molar-refractivity contribution in [3.05, 3.63) is 70.5 Å². The van der Waals surface area contributed by atoms with Crippen LogP contribution in [0.1, 0.15) is 11.4 Å². The van der Waals surface area contributed by atoms with Crippen molar-refractivity contribution in [2.24, 2.45) is 0 Å². The zero-order chi connectivity index (χ0) is 16.8. The van der Waals surface area contributed by atoms with E-state index in [1.165, 1.54) is 0 Å². The number of hydrogen-bond donors (Lipinski definition) is 3. The molecule has 0 unspecified atom stereocenters. The summed E-state index contributed by atoms with van der Waals surface area (Å²) < 4.78 is 0.721. The second-order valence-corrected chi connectivity index (χ2v) is 6.49. The fourth-order valence-electron chi connectivity index (χ4n) is 3.04. The lowest BCUT2D eigenvalue weighted by Gasteiger charge is -1.86. The number of aromatic amines is 3. The molecule has 4 aromatic rings. The molecule has 3 N–H and O–H groups in total. The highest BCUT2D eigenvalue weighted by Crippen LogP contribution is 2.17. The van der Waals surface area contributed by atoms with E-state index in [0.717, 1.165) is 49.0 Å². The lowest BCUT2D eigenvalue weighted by atomic mass is 10.3. The molecule has 0 amide bonds. The molecule has 0 atom stereocenters. The third-order valence-electron chi connectivity index (χ3n) is 4.23. The van der Waals surface area contributed by atoms with E-state index < -0.39 is 0 Å². The van der Waals surface area contributed by atoms with Gasteiger partial charge in [0.15, 0.2) is 0 Å². The Morgan fingerprint density at radius 1 is 0.640 bits per heavy atom. The summed E-state index contributed by atoms with van der Waals surface area (Å²) in [7, 11) is 0. The average Bonchev–Trinajstić information content (AvgIpc) is 3.36. The van der Waals surface area contributed by atoms with Crippen LogP contribution in [0.15, 0.2) is 54.6 Å². The first-order valence-corrected chi connectivity index (χ1v) is 8.43. The molecular formula is C20H14N4S. The maximum Gasteiger partial charge on any atom is 0.0868 e. The zero-order valence-electron chi connectivity index (χ0n) is 13.2. The Kier molecular flexibility index (Phi) is 3.08. The molecular weight excluding hydrogens is 328 g/mol. The number of aromatic nitrogens is 4. The molecule has 5 heterocycles. The van der Waals surface area contributed by atoms with Gasteiger partial charge in [0.2, 0.25) is 0 Å². The Hall–Kier alpha value is -3.18. The van der Waals surface area contributed by atoms with E-state index in [1.807, 2.05) is 36.4 Å². The van der Waals surface area contributed by atoms with Crippen molar-refractivity contribution in [3.63, 3.8) is 0 Å². The highest BCUT2D eigenvalue weighted by molar-refractivity contribution is 7.71. The molecule has 120 valence electrons. The summed E-state index contributed by atoms with van der Waals surface area (Å²) in [5.41, 5.74) is 7.72. The van der Waals surface area contributed by atoms with Crippen LogP contribution in [-0.2, 0) is 0 Å². The third kappa shape index (κ3) is 2.64. The lowest BCUT2D eigenvalue weighted by molar-refractivity contribution is 1.31. The molecule has 1 aliphatic heterocycles. The van der Waals surface area contributed by atoms with Crippen LogP contribution >= 0.6 is 12.2 Å². The molecule has 0 saturated carbocycles. The number of rotatable bonds is 0. The lowest BCUT2D eigenvalue weighted by Crippen LogP contribution is -1.76. The molecule has 0 fully saturated rings. The van der Waals surface area contributed by atoms with Crippen LogP contribution in [0.4, 0.5) is 0 Å². The van der Waals surface area contributed by atoms with Crippen LogP contribution < -0.4 is 0 Å². The van der Waals surface area contributed by atoms with Crippen molar-refractivity contribution in [1.29, 1.82) is 0 Å². The first kappa shape index (κ1) is 14.2. The van der Waals surface area contributed by atoms with Gasteiger partial charge >= 0.3 is 0 Å². The minimum absolute atomic E-state index is 0.721. The van der Waals surface area contributed by atoms with E-state index in [-0.39, 0.29) is 0 Å². The summed E-state index contributed by atoms with van der Waals surface area (Å²) in [6.45, 7) is 0. The van der Waals surface area contributed by atoms with Gasteiger partial charge in [-0.1, -0.05) is 12.2 Å². The number of hydrogen-bond acceptors (Lipinski definition) is 2. The molecule has 5 rings (SSSR count). The Morgan fingerprint density at radius 2 is 1.20 bits per heavy atom. The SMILES string of the molecule is S=c1c2nc(cc3ccc(cc4ccc(cc5ccc1[nH]5)[nH]4)[nH]3)C=C2. The largest absolute Gasteiger partial charge is 0.355 e. The van der Waals surface area contributed by atoms with E-state index in [0.29, 0.717) is 0 Å². The van der Waals surface area contributed by atoms with Crippen molar-refractivity contribution in [3.8, 4) is 0 Å². The minimum Gasteiger partial charge on any atom is -0.355 e. The van der Waals surface area contributed by atoms with Crippen LogP contribution in [0.2, 0.25) is 0 Å². The first-order valence-electron chi connectivity index (χ1n) is 8.03. The standard InChI is InChI=1S/C20H14N4S/c25-20-18-7-5-16(23-18)10-14-3-1-12(21-14)9-13-2-4-15(22-13)11-17-6-8-19(20)24-17/h1-11,21-23H. The van der Waals surface area contributed by atoms with Crippen LogP contribution in [0.5, 0.6) is 0 Å². The second-order valence-electron chi connectivity index (χ2n) is 6.08. The normalized spacial score (nSPS) is 12.0. The maximum absolute atomic E-state index is 5.60. The second kappa shape index (κ2) is 5.43. The van der Waals surface area contributed by atoms with Gasteiger partial charge < -0.3 is 15.0 Å². The molecule has 4 nitrogen and oxygen atoms in total. The zero-order valence-corrected chi connectivity index (χ0v) is 14.0. The van der Waals surface area contributed by atoms with Crippen LogP contribution in [-0.4, -0.2) is 19.9 Å². The topological polar surface area (TPSA) is 60.3 Å². The van der Waals surface area contributed by atoms with Crippen molar-refractivity contribution in [2.75, 3.05) is 0 Å². The van der Waals surface area contributed by atoms with Gasteiger partial charge in [-0.3, -0.25) is 0 Å². The maximum atomic E-state index is 5.60. The summed E-state index contributed by atoms with van der Waals surface area (Å²) in [6, 6.07) is 18.4. The molecule has 0 aliphatic carbocycles. The highest BCUT2D eigenvalue weighted by Gasteiger charge is 2.02. The van der Waals surface area contributed by atoms with Gasteiger partial charge in [0, 0.05) is 27.6 Å². The quantitative estimate of drug-likeness (QED) is 0.329. The van der Waals surface area contributed by atoms with Crippen LogP contribution in [0, 0.1) is 4.51 Å². The van der Waals surface area contributed by atoms with E-state index in [9.17, 15) is 0 Å². The van der Waals surface area contributed by atoms with Crippen molar-refractivity contribution < 1.29 is 0 Å². The smallest absolute Gasteiger partial charge is 0.0868 e. The third-order valence-corrected chi connectivity index (χ3v) is 4.66. The molecule has 25 heavy (non-hydrogen) atoms. The van der Waals surface area contributed by atoms with Gasteiger partial charge in [-0.15, -0.1) is 0 Å². The fourth-order valence-corrected chi connectivity index (χ4v) is 3.27. The Labute approximate surface area is 148 Å². The van der Waals surface area contributed by atoms with Gasteiger partial charge in [0.1, 0.15) is 0 Å². The highest BCUT2D eigenvalue weighted by atomic mass is 32.1. The van der Waals surface area contributed by atoms with Gasteiger partial charge in [-0.05, 0) is 66.7 Å². The van der Waals surface area contributed by atoms with Gasteiger partial charge in [-0.25, -0.2) is 4.98 Å². The molecule has 8 bridgehead atoms. The molecule has 0 aromatic carbocycles. The summed E-state index contributed by atoms with van der Waals surface area (Å²) in [6.07, 6.45) is 3.94. The Balaban J connectivity index is 1.92. The Morgan fingerprint density at radius 3 is 1.88 bits per heavy atom. The summed E-state index contributed by atoms with van der Waals surface area (Å²) in [5.74, 6) is 0. The monoisotopic (exact) mass is 342 g/mol. The molecule has 5 heteroatoms. The number of nitrogens with zero attached hydrogens (tertiary/aromatic N) is 1. The molecule has 1 aliphatic rings. The Bertz CT molecular complexity index is 1320. The summed E-state index contributed by atoms with van der Waals surface area (Å²) in [5, 5.41) is 0. The van der Waals surface area contributed by atoms with Crippen LogP contribution in [0.25, 0.3) is 45.3 Å². The number of nitrogens with one attached hydrogen (secondary N) is 3. The van der Waals surface area contributed by atoms with E-state index in [1.54, 1.807) is 0 Å². The van der Waals surface area contributed by atoms with Crippen LogP contribution in [0.3, 0.4) is 0 Å². The van der Waals surface area contributed by atoms with Crippen molar-refractivity contribution in [2.45, 2.75) is 0 Å². The minimum atomic E-state index is 0.721. The number of H-pyrrole nitrogens is 3. The fraction of sp³-hybridized carbons (Fsp3) is 0. The number of fused-ring (bicyclic) bond motifs is 8. The van der Waals surface area contributed by atoms with E-state index >= 15 is 0 Å². The molecule has 0 spiro atoms. The van der Waals surface area contributed by atoms with E-state index in [2.05, 4.69) is 50.3 Å². The predicted octanol–water partition coefficient (Wildman–Crippen LogP) is 5.43. The molecule has 4 aromatic heterocycles. The summed E-state index contributed by atoms with van der Waals surface area (Å²) in [4.78, 5) is 14.8. The first-order chi connectivity index (χ1) is 12.2. The van der Waals surface area contributed by atoms with Crippen molar-refractivity contribution in [1.82, 2.24) is 19.9 Å². The van der Waals surface area contributed by atoms with Gasteiger partial charge in [0.05, 0.1) is 21.4 Å². The van der Waals surface area contributed by atoms with Gasteiger partial charge in [-0.2, -0.15) is 0 Å².